The van der Waals surface area contributed by atoms with Crippen LogP contribution in [0.15, 0.2) is 11.8 Å². The molecule has 0 atom stereocenters. The summed E-state index contributed by atoms with van der Waals surface area (Å²) in [5, 5.41) is 0. The van der Waals surface area contributed by atoms with Gasteiger partial charge in [0.2, 0.25) is 6.29 Å². The average Bonchev–Trinajstić information content (AvgIpc) is 1.83. The molecule has 0 aromatic heterocycles. The van der Waals surface area contributed by atoms with Gasteiger partial charge in [-0.3, -0.25) is 9.59 Å². The van der Waals surface area contributed by atoms with Crippen molar-refractivity contribution in [3.63, 3.8) is 0 Å². The Kier molecular flexibility index (Phi) is 3.48. The van der Waals surface area contributed by atoms with Crippen LogP contribution in [0, 0.1) is 0 Å². The van der Waals surface area contributed by atoms with Crippen molar-refractivity contribution in [1.82, 2.24) is 0 Å². The first kappa shape index (κ1) is 6.88. The van der Waals surface area contributed by atoms with Crippen LogP contribution in [0.2, 0.25) is 0 Å². The van der Waals surface area contributed by atoms with E-state index in [0.29, 0.717) is 0 Å². The minimum atomic E-state index is -0.139. The number of allylic oxidation sites excluding steroid dienone is 2. The van der Waals surface area contributed by atoms with Gasteiger partial charge in [0.15, 0.2) is 5.76 Å². The van der Waals surface area contributed by atoms with Gasteiger partial charge in [-0.25, -0.2) is 0 Å². The molecule has 0 aliphatic carbocycles. The number of ether oxygens (including phenoxy) is 1. The highest BCUT2D eigenvalue weighted by atomic mass is 16.5. The summed E-state index contributed by atoms with van der Waals surface area (Å²) in [6.45, 7) is 0. The van der Waals surface area contributed by atoms with Crippen LogP contribution in [-0.2, 0) is 14.3 Å². The maximum absolute atomic E-state index is 9.63. The Bertz CT molecular complexity index is 115. The third-order valence-corrected chi connectivity index (χ3v) is 0.511. The smallest absolute Gasteiger partial charge is 0.271 e. The fourth-order valence-corrected chi connectivity index (χ4v) is 0.184. The summed E-state index contributed by atoms with van der Waals surface area (Å²) < 4.78 is 4.31. The van der Waals surface area contributed by atoms with Crippen LogP contribution in [0.4, 0.5) is 0 Å². The van der Waals surface area contributed by atoms with E-state index in [4.69, 9.17) is 0 Å². The zero-order valence-corrected chi connectivity index (χ0v) is 4.30. The molecule has 0 saturated carbocycles. The number of hydrogen-bond acceptors (Lipinski definition) is 3. The standard InChI is InChI=1S/C5H4O3/c1-8-5(4-7)2-3-6/h2H,1H3/b5-2+. The molecule has 0 spiro atoms. The lowest BCUT2D eigenvalue weighted by Crippen LogP contribution is -1.86. The van der Waals surface area contributed by atoms with Crippen molar-refractivity contribution < 1.29 is 14.3 Å². The average molecular weight is 112 g/mol. The summed E-state index contributed by atoms with van der Waals surface area (Å²) in [5.41, 5.74) is 0. The summed E-state index contributed by atoms with van der Waals surface area (Å²) in [5.74, 6) is -0.139. The van der Waals surface area contributed by atoms with Crippen LogP contribution < -0.4 is 0 Å². The Hall–Kier alpha value is -1.12. The van der Waals surface area contributed by atoms with Crippen molar-refractivity contribution in [2.75, 3.05) is 7.11 Å². The molecule has 0 unspecified atom stereocenters. The van der Waals surface area contributed by atoms with Gasteiger partial charge in [0.25, 0.3) is 6.29 Å². The zero-order chi connectivity index (χ0) is 6.41. The quantitative estimate of drug-likeness (QED) is 0.373. The molecule has 0 aliphatic rings. The molecule has 0 rings (SSSR count). The van der Waals surface area contributed by atoms with E-state index in [1.54, 1.807) is 0 Å². The highest BCUT2D eigenvalue weighted by Crippen LogP contribution is 1.84. The van der Waals surface area contributed by atoms with Crippen LogP contribution in [0.25, 0.3) is 0 Å². The first-order valence-electron chi connectivity index (χ1n) is 1.85. The maximum atomic E-state index is 9.63. The SMILES string of the molecule is CO/C([C]=O)=C/[C]=O. The van der Waals surface area contributed by atoms with E-state index in [9.17, 15) is 9.59 Å². The number of rotatable bonds is 3. The topological polar surface area (TPSA) is 43.4 Å². The molecule has 0 bridgehead atoms. The molecule has 0 aromatic carbocycles. The van der Waals surface area contributed by atoms with E-state index in [2.05, 4.69) is 4.74 Å². The Morgan fingerprint density at radius 2 is 2.25 bits per heavy atom. The minimum absolute atomic E-state index is 0.139. The van der Waals surface area contributed by atoms with E-state index in [1.807, 2.05) is 0 Å². The Labute approximate surface area is 46.9 Å². The summed E-state index contributed by atoms with van der Waals surface area (Å²) in [6, 6.07) is 0. The number of carbonyl (C=O) groups excluding carboxylic acids is 2. The molecule has 42 valence electrons. The van der Waals surface area contributed by atoms with Gasteiger partial charge in [-0.15, -0.1) is 0 Å². The van der Waals surface area contributed by atoms with Gasteiger partial charge >= 0.3 is 0 Å². The predicted molar refractivity (Wildman–Crippen MR) is 26.5 cm³/mol. The van der Waals surface area contributed by atoms with Crippen molar-refractivity contribution in [3.05, 3.63) is 11.8 Å². The molecule has 0 fully saturated rings. The van der Waals surface area contributed by atoms with E-state index in [-0.39, 0.29) is 5.76 Å². The summed E-state index contributed by atoms with van der Waals surface area (Å²) >= 11 is 0. The Balaban J connectivity index is 3.84. The fourth-order valence-electron chi connectivity index (χ4n) is 0.184. The summed E-state index contributed by atoms with van der Waals surface area (Å²) in [6.07, 6.45) is 3.62. The molecular weight excluding hydrogens is 108 g/mol. The highest BCUT2D eigenvalue weighted by molar-refractivity contribution is 5.80. The Morgan fingerprint density at radius 1 is 1.62 bits per heavy atom. The minimum Gasteiger partial charge on any atom is -0.492 e. The highest BCUT2D eigenvalue weighted by Gasteiger charge is 1.89. The second kappa shape index (κ2) is 4.05. The van der Waals surface area contributed by atoms with Gasteiger partial charge in [-0.2, -0.15) is 0 Å². The predicted octanol–water partition coefficient (Wildman–Crippen LogP) is -0.264. The third-order valence-electron chi connectivity index (χ3n) is 0.511. The molecule has 0 amide bonds. The lowest BCUT2D eigenvalue weighted by atomic mass is 10.5. The molecule has 0 N–H and O–H groups in total. The molecule has 3 heteroatoms. The molecular formula is C5H4O3. The molecule has 2 radical (unpaired) electrons. The molecule has 3 nitrogen and oxygen atoms in total. The van der Waals surface area contributed by atoms with E-state index in [1.165, 1.54) is 19.7 Å². The number of methoxy groups -OCH3 is 1. The third kappa shape index (κ3) is 2.12. The van der Waals surface area contributed by atoms with Crippen molar-refractivity contribution in [3.8, 4) is 0 Å². The van der Waals surface area contributed by atoms with Crippen molar-refractivity contribution >= 4 is 12.6 Å². The van der Waals surface area contributed by atoms with Crippen LogP contribution in [0.1, 0.15) is 0 Å². The lowest BCUT2D eigenvalue weighted by molar-refractivity contribution is 0.310. The zero-order valence-electron chi connectivity index (χ0n) is 4.30. The molecule has 8 heavy (non-hydrogen) atoms. The van der Waals surface area contributed by atoms with E-state index < -0.39 is 0 Å². The fraction of sp³-hybridized carbons (Fsp3) is 0.200. The van der Waals surface area contributed by atoms with Crippen LogP contribution in [-0.4, -0.2) is 19.7 Å². The maximum Gasteiger partial charge on any atom is 0.271 e. The molecule has 0 heterocycles. The molecule has 0 saturated heterocycles. The first-order valence-corrected chi connectivity index (χ1v) is 1.85. The van der Waals surface area contributed by atoms with Crippen molar-refractivity contribution in [1.29, 1.82) is 0 Å². The summed E-state index contributed by atoms with van der Waals surface area (Å²) in [7, 11) is 1.27. The van der Waals surface area contributed by atoms with Gasteiger partial charge in [0.1, 0.15) is 0 Å². The monoisotopic (exact) mass is 112 g/mol. The molecule has 0 aliphatic heterocycles. The summed E-state index contributed by atoms with van der Waals surface area (Å²) in [4.78, 5) is 19.1. The van der Waals surface area contributed by atoms with Crippen molar-refractivity contribution in [2.45, 2.75) is 0 Å². The van der Waals surface area contributed by atoms with Gasteiger partial charge < -0.3 is 4.74 Å². The van der Waals surface area contributed by atoms with Gasteiger partial charge in [-0.05, 0) is 0 Å². The second-order valence-electron chi connectivity index (χ2n) is 0.933. The van der Waals surface area contributed by atoms with E-state index in [0.717, 1.165) is 6.08 Å². The molecule has 0 aromatic rings. The Morgan fingerprint density at radius 3 is 2.38 bits per heavy atom. The normalized spacial score (nSPS) is 10.4. The number of hydrogen-bond donors (Lipinski definition) is 0. The van der Waals surface area contributed by atoms with Crippen LogP contribution in [0.5, 0.6) is 0 Å². The first-order chi connectivity index (χ1) is 3.85. The van der Waals surface area contributed by atoms with Gasteiger partial charge in [0, 0.05) is 6.08 Å². The lowest BCUT2D eigenvalue weighted by Gasteiger charge is -1.88. The van der Waals surface area contributed by atoms with Crippen LogP contribution >= 0.6 is 0 Å². The largest absolute Gasteiger partial charge is 0.492 e. The van der Waals surface area contributed by atoms with Crippen molar-refractivity contribution in [2.24, 2.45) is 0 Å². The van der Waals surface area contributed by atoms with E-state index >= 15 is 0 Å². The van der Waals surface area contributed by atoms with Gasteiger partial charge in [-0.1, -0.05) is 0 Å². The second-order valence-corrected chi connectivity index (χ2v) is 0.933. The van der Waals surface area contributed by atoms with Crippen LogP contribution in [0.3, 0.4) is 0 Å². The van der Waals surface area contributed by atoms with Gasteiger partial charge in [0.05, 0.1) is 7.11 Å².